The molecule has 0 radical (unpaired) electrons. The predicted molar refractivity (Wildman–Crippen MR) is 109 cm³/mol. The molecule has 2 N–H and O–H groups in total. The lowest BCUT2D eigenvalue weighted by Crippen LogP contribution is -2.43. The number of ether oxygens (including phenoxy) is 1. The lowest BCUT2D eigenvalue weighted by molar-refractivity contribution is -0.118. The first-order valence-electron chi connectivity index (χ1n) is 9.75. The molecule has 4 rings (SSSR count). The molecule has 1 amide bonds. The molecule has 0 bridgehead atoms. The van der Waals surface area contributed by atoms with Gasteiger partial charge in [0.2, 0.25) is 5.91 Å². The van der Waals surface area contributed by atoms with E-state index in [0.717, 1.165) is 48.4 Å². The molecule has 4 heteroatoms. The normalized spacial score (nSPS) is 17.3. The molecule has 1 fully saturated rings. The zero-order chi connectivity index (χ0) is 18.6. The summed E-state index contributed by atoms with van der Waals surface area (Å²) in [5, 5.41) is 6.53. The Morgan fingerprint density at radius 1 is 1.07 bits per heavy atom. The van der Waals surface area contributed by atoms with Gasteiger partial charge in [-0.3, -0.25) is 4.79 Å². The van der Waals surface area contributed by atoms with E-state index in [4.69, 9.17) is 4.74 Å². The van der Waals surface area contributed by atoms with Crippen molar-refractivity contribution < 1.29 is 9.53 Å². The second kappa shape index (κ2) is 7.97. The summed E-state index contributed by atoms with van der Waals surface area (Å²) >= 11 is 0. The van der Waals surface area contributed by atoms with E-state index in [-0.39, 0.29) is 11.9 Å². The van der Waals surface area contributed by atoms with E-state index in [0.29, 0.717) is 13.0 Å². The molecule has 2 aromatic rings. The van der Waals surface area contributed by atoms with E-state index < -0.39 is 0 Å². The number of carbonyl (C=O) groups is 1. The molecule has 2 aromatic carbocycles. The molecule has 4 nitrogen and oxygen atoms in total. The third kappa shape index (κ3) is 4.22. The highest BCUT2D eigenvalue weighted by molar-refractivity contribution is 5.98. The Bertz CT molecular complexity index is 849. The molecule has 0 aliphatic carbocycles. The summed E-state index contributed by atoms with van der Waals surface area (Å²) in [4.78, 5) is 12.8. The average molecular weight is 362 g/mol. The standard InChI is InChI=1S/C23H26N2O2/c1-16-2-4-17(5-3-16)18-6-7-22-20(14-18)15-19(10-13-27-22)23(26)25-21-8-11-24-12-9-21/h2-7,14-15,21,24H,8-13H2,1H3,(H,25,26). The maximum Gasteiger partial charge on any atom is 0.247 e. The quantitative estimate of drug-likeness (QED) is 0.875. The second-order valence-corrected chi connectivity index (χ2v) is 7.38. The van der Waals surface area contributed by atoms with Crippen LogP contribution in [0.2, 0.25) is 0 Å². The van der Waals surface area contributed by atoms with Crippen LogP contribution >= 0.6 is 0 Å². The van der Waals surface area contributed by atoms with Crippen LogP contribution in [0.25, 0.3) is 17.2 Å². The zero-order valence-corrected chi connectivity index (χ0v) is 15.8. The van der Waals surface area contributed by atoms with Crippen molar-refractivity contribution in [1.29, 1.82) is 0 Å². The number of amides is 1. The SMILES string of the molecule is Cc1ccc(-c2ccc3c(c2)C=C(C(=O)NC2CCNCC2)CCO3)cc1. The highest BCUT2D eigenvalue weighted by atomic mass is 16.5. The minimum atomic E-state index is 0.0408. The van der Waals surface area contributed by atoms with Crippen LogP contribution < -0.4 is 15.4 Å². The van der Waals surface area contributed by atoms with Gasteiger partial charge in [-0.15, -0.1) is 0 Å². The van der Waals surface area contributed by atoms with Crippen LogP contribution in [0.1, 0.15) is 30.4 Å². The third-order valence-corrected chi connectivity index (χ3v) is 5.32. The zero-order valence-electron chi connectivity index (χ0n) is 15.8. The van der Waals surface area contributed by atoms with E-state index in [1.54, 1.807) is 0 Å². The molecular formula is C23H26N2O2. The maximum absolute atomic E-state index is 12.8. The van der Waals surface area contributed by atoms with Gasteiger partial charge in [0.1, 0.15) is 5.75 Å². The van der Waals surface area contributed by atoms with Crippen molar-refractivity contribution in [2.24, 2.45) is 0 Å². The number of rotatable bonds is 3. The highest BCUT2D eigenvalue weighted by Gasteiger charge is 2.20. The lowest BCUT2D eigenvalue weighted by Gasteiger charge is -2.24. The number of benzene rings is 2. The van der Waals surface area contributed by atoms with Gasteiger partial charge < -0.3 is 15.4 Å². The smallest absolute Gasteiger partial charge is 0.247 e. The molecular weight excluding hydrogens is 336 g/mol. The average Bonchev–Trinajstić information content (AvgIpc) is 2.91. The monoisotopic (exact) mass is 362 g/mol. The van der Waals surface area contributed by atoms with Crippen LogP contribution in [0.15, 0.2) is 48.0 Å². The van der Waals surface area contributed by atoms with Gasteiger partial charge in [-0.1, -0.05) is 35.9 Å². The minimum Gasteiger partial charge on any atom is -0.493 e. The Morgan fingerprint density at radius 2 is 1.81 bits per heavy atom. The largest absolute Gasteiger partial charge is 0.493 e. The molecule has 2 aliphatic heterocycles. The molecule has 2 heterocycles. The van der Waals surface area contributed by atoms with E-state index in [2.05, 4.69) is 54.0 Å². The van der Waals surface area contributed by atoms with Crippen molar-refractivity contribution in [3.63, 3.8) is 0 Å². The summed E-state index contributed by atoms with van der Waals surface area (Å²) in [5.74, 6) is 0.884. The molecule has 27 heavy (non-hydrogen) atoms. The maximum atomic E-state index is 12.8. The van der Waals surface area contributed by atoms with Crippen molar-refractivity contribution in [1.82, 2.24) is 10.6 Å². The van der Waals surface area contributed by atoms with E-state index in [1.165, 1.54) is 11.1 Å². The summed E-state index contributed by atoms with van der Waals surface area (Å²) in [6.07, 6.45) is 4.61. The number of carbonyl (C=O) groups excluding carboxylic acids is 1. The third-order valence-electron chi connectivity index (χ3n) is 5.32. The molecule has 140 valence electrons. The number of fused-ring (bicyclic) bond motifs is 1. The van der Waals surface area contributed by atoms with Crippen molar-refractivity contribution in [3.8, 4) is 16.9 Å². The first-order chi connectivity index (χ1) is 13.2. The van der Waals surface area contributed by atoms with E-state index in [9.17, 15) is 4.79 Å². The predicted octanol–water partition coefficient (Wildman–Crippen LogP) is 3.70. The lowest BCUT2D eigenvalue weighted by atomic mass is 9.99. The Morgan fingerprint density at radius 3 is 2.59 bits per heavy atom. The van der Waals surface area contributed by atoms with Crippen molar-refractivity contribution >= 4 is 12.0 Å². The van der Waals surface area contributed by atoms with Crippen LogP contribution in [-0.4, -0.2) is 31.6 Å². The summed E-state index contributed by atoms with van der Waals surface area (Å²) in [6.45, 7) is 4.55. The second-order valence-electron chi connectivity index (χ2n) is 7.38. The van der Waals surface area contributed by atoms with Gasteiger partial charge in [0, 0.05) is 23.6 Å². The van der Waals surface area contributed by atoms with Gasteiger partial charge in [-0.25, -0.2) is 0 Å². The fraction of sp³-hybridized carbons (Fsp3) is 0.348. The number of aryl methyl sites for hydroxylation is 1. The summed E-state index contributed by atoms with van der Waals surface area (Å²) in [7, 11) is 0. The first-order valence-corrected chi connectivity index (χ1v) is 9.75. The van der Waals surface area contributed by atoms with Crippen LogP contribution in [0.5, 0.6) is 5.75 Å². The summed E-state index contributed by atoms with van der Waals surface area (Å²) < 4.78 is 5.89. The van der Waals surface area contributed by atoms with Gasteiger partial charge in [0.25, 0.3) is 0 Å². The molecule has 0 atom stereocenters. The Labute approximate surface area is 160 Å². The number of nitrogens with one attached hydrogen (secondary N) is 2. The summed E-state index contributed by atoms with van der Waals surface area (Å²) in [6, 6.07) is 15.0. The molecule has 0 unspecified atom stereocenters. The van der Waals surface area contributed by atoms with Crippen molar-refractivity contribution in [3.05, 3.63) is 59.2 Å². The minimum absolute atomic E-state index is 0.0408. The number of hydrogen-bond acceptors (Lipinski definition) is 3. The van der Waals surface area contributed by atoms with Gasteiger partial charge in [-0.05, 0) is 62.2 Å². The van der Waals surface area contributed by atoms with Crippen LogP contribution in [0.3, 0.4) is 0 Å². The van der Waals surface area contributed by atoms with Gasteiger partial charge in [-0.2, -0.15) is 0 Å². The van der Waals surface area contributed by atoms with Gasteiger partial charge in [0.05, 0.1) is 6.61 Å². The first kappa shape index (κ1) is 17.8. The molecule has 0 saturated carbocycles. The topological polar surface area (TPSA) is 50.4 Å². The van der Waals surface area contributed by atoms with Gasteiger partial charge >= 0.3 is 0 Å². The van der Waals surface area contributed by atoms with Gasteiger partial charge in [0.15, 0.2) is 0 Å². The molecule has 2 aliphatic rings. The Balaban J connectivity index is 1.58. The molecule has 0 spiro atoms. The molecule has 1 saturated heterocycles. The number of hydrogen-bond donors (Lipinski definition) is 2. The fourth-order valence-corrected chi connectivity index (χ4v) is 3.67. The summed E-state index contributed by atoms with van der Waals surface area (Å²) in [5.41, 5.74) is 5.32. The Hall–Kier alpha value is -2.59. The molecule has 0 aromatic heterocycles. The van der Waals surface area contributed by atoms with Crippen LogP contribution in [-0.2, 0) is 4.79 Å². The Kier molecular flexibility index (Phi) is 5.26. The van der Waals surface area contributed by atoms with E-state index in [1.807, 2.05) is 12.1 Å². The van der Waals surface area contributed by atoms with Crippen molar-refractivity contribution in [2.75, 3.05) is 19.7 Å². The van der Waals surface area contributed by atoms with Crippen LogP contribution in [0, 0.1) is 6.92 Å². The number of piperidine rings is 1. The van der Waals surface area contributed by atoms with E-state index >= 15 is 0 Å². The highest BCUT2D eigenvalue weighted by Crippen LogP contribution is 2.31. The van der Waals surface area contributed by atoms with Crippen LogP contribution in [0.4, 0.5) is 0 Å². The van der Waals surface area contributed by atoms with Crippen molar-refractivity contribution in [2.45, 2.75) is 32.2 Å². The fourth-order valence-electron chi connectivity index (χ4n) is 3.67.